The van der Waals surface area contributed by atoms with E-state index in [-0.39, 0.29) is 12.7 Å². The maximum absolute atomic E-state index is 9.82. The van der Waals surface area contributed by atoms with Crippen molar-refractivity contribution in [1.82, 2.24) is 0 Å². The lowest BCUT2D eigenvalue weighted by Crippen LogP contribution is -2.21. The highest BCUT2D eigenvalue weighted by Gasteiger charge is 2.33. The van der Waals surface area contributed by atoms with E-state index in [1.807, 2.05) is 54.6 Å². The lowest BCUT2D eigenvalue weighted by atomic mass is 9.83. The van der Waals surface area contributed by atoms with Gasteiger partial charge in [0.25, 0.3) is 0 Å². The molecule has 0 saturated carbocycles. The first-order chi connectivity index (χ1) is 15.7. The lowest BCUT2D eigenvalue weighted by molar-refractivity contribution is 0.174. The van der Waals surface area contributed by atoms with Crippen molar-refractivity contribution in [2.24, 2.45) is 5.73 Å². The number of fused-ring (bicyclic) bond motifs is 2. The molecular formula is C25H20N2O5. The van der Waals surface area contributed by atoms with Crippen LogP contribution in [0.2, 0.25) is 0 Å². The fraction of sp³-hybridized carbons (Fsp3) is 0.160. The van der Waals surface area contributed by atoms with Gasteiger partial charge in [-0.25, -0.2) is 0 Å². The van der Waals surface area contributed by atoms with Crippen LogP contribution in [0.5, 0.6) is 28.7 Å². The van der Waals surface area contributed by atoms with Gasteiger partial charge >= 0.3 is 0 Å². The zero-order chi connectivity index (χ0) is 22.1. The summed E-state index contributed by atoms with van der Waals surface area (Å²) in [5, 5.41) is 9.82. The average Bonchev–Trinajstić information content (AvgIpc) is 3.28. The van der Waals surface area contributed by atoms with Gasteiger partial charge in [-0.05, 0) is 29.3 Å². The number of rotatable bonds is 5. The Morgan fingerprint density at radius 1 is 1.00 bits per heavy atom. The maximum atomic E-state index is 9.82. The van der Waals surface area contributed by atoms with Crippen molar-refractivity contribution in [1.29, 1.82) is 5.26 Å². The molecule has 0 amide bonds. The van der Waals surface area contributed by atoms with Crippen LogP contribution >= 0.6 is 0 Å². The smallest absolute Gasteiger partial charge is 0.231 e. The van der Waals surface area contributed by atoms with Crippen LogP contribution in [-0.4, -0.2) is 13.9 Å². The lowest BCUT2D eigenvalue weighted by Gasteiger charge is -2.27. The monoisotopic (exact) mass is 428 g/mol. The molecule has 0 aliphatic carbocycles. The van der Waals surface area contributed by atoms with E-state index in [4.69, 9.17) is 29.4 Å². The van der Waals surface area contributed by atoms with Gasteiger partial charge in [-0.15, -0.1) is 0 Å². The van der Waals surface area contributed by atoms with Gasteiger partial charge in [0, 0.05) is 11.6 Å². The van der Waals surface area contributed by atoms with E-state index >= 15 is 0 Å². The third kappa shape index (κ3) is 3.42. The van der Waals surface area contributed by atoms with Crippen molar-refractivity contribution in [2.45, 2.75) is 12.5 Å². The van der Waals surface area contributed by atoms with Gasteiger partial charge < -0.3 is 29.4 Å². The molecule has 0 fully saturated rings. The van der Waals surface area contributed by atoms with E-state index in [1.165, 1.54) is 0 Å². The number of allylic oxidation sites excluding steroid dienone is 1. The number of nitrogens with zero attached hydrogens (tertiary/aromatic N) is 1. The van der Waals surface area contributed by atoms with Crippen LogP contribution in [0.1, 0.15) is 22.6 Å². The molecule has 1 atom stereocenters. The molecule has 3 aromatic carbocycles. The third-order valence-electron chi connectivity index (χ3n) is 5.47. The molecule has 160 valence electrons. The summed E-state index contributed by atoms with van der Waals surface area (Å²) in [6, 6.07) is 21.2. The van der Waals surface area contributed by atoms with Crippen molar-refractivity contribution >= 4 is 0 Å². The summed E-state index contributed by atoms with van der Waals surface area (Å²) in [5.74, 6) is 2.49. The molecule has 32 heavy (non-hydrogen) atoms. The summed E-state index contributed by atoms with van der Waals surface area (Å²) in [6.07, 6.45) is 0. The first-order valence-corrected chi connectivity index (χ1v) is 10.0. The van der Waals surface area contributed by atoms with Crippen molar-refractivity contribution in [3.8, 4) is 34.8 Å². The maximum Gasteiger partial charge on any atom is 0.231 e. The Hall–Kier alpha value is -4.31. The van der Waals surface area contributed by atoms with Crippen molar-refractivity contribution in [3.63, 3.8) is 0 Å². The Kier molecular flexibility index (Phi) is 4.96. The van der Waals surface area contributed by atoms with Gasteiger partial charge in [-0.2, -0.15) is 5.26 Å². The molecule has 0 bridgehead atoms. The highest BCUT2D eigenvalue weighted by Crippen LogP contribution is 2.48. The van der Waals surface area contributed by atoms with E-state index in [9.17, 15) is 5.26 Å². The molecule has 0 saturated heterocycles. The van der Waals surface area contributed by atoms with Crippen molar-refractivity contribution < 1.29 is 23.7 Å². The second kappa shape index (κ2) is 8.08. The molecule has 5 rings (SSSR count). The van der Waals surface area contributed by atoms with Gasteiger partial charge in [0.2, 0.25) is 12.7 Å². The van der Waals surface area contributed by atoms with Crippen molar-refractivity contribution in [2.75, 3.05) is 13.9 Å². The number of hydrogen-bond acceptors (Lipinski definition) is 7. The minimum Gasteiger partial charge on any atom is -0.493 e. The molecular weight excluding hydrogens is 408 g/mol. The summed E-state index contributed by atoms with van der Waals surface area (Å²) >= 11 is 0. The predicted molar refractivity (Wildman–Crippen MR) is 116 cm³/mol. The summed E-state index contributed by atoms with van der Waals surface area (Å²) in [6.45, 7) is 0.550. The number of nitrogens with two attached hydrogens (primary N) is 1. The SMILES string of the molecule is COc1cc(C2C(C#N)=C(N)Oc3cc4c(cc32)OCO4)ccc1OCc1ccccc1. The van der Waals surface area contributed by atoms with Gasteiger partial charge in [-0.1, -0.05) is 36.4 Å². The predicted octanol–water partition coefficient (Wildman–Crippen LogP) is 4.22. The third-order valence-corrected chi connectivity index (χ3v) is 5.47. The second-order valence-corrected chi connectivity index (χ2v) is 7.35. The molecule has 0 spiro atoms. The number of hydrogen-bond donors (Lipinski definition) is 1. The Balaban J connectivity index is 1.53. The summed E-state index contributed by atoms with van der Waals surface area (Å²) in [4.78, 5) is 0. The van der Waals surface area contributed by atoms with Gasteiger partial charge in [0.05, 0.1) is 13.0 Å². The topological polar surface area (TPSA) is 96.0 Å². The van der Waals surface area contributed by atoms with Crippen LogP contribution < -0.4 is 29.4 Å². The standard InChI is InChI=1S/C25H20N2O5/c1-28-21-9-16(7-8-19(21)29-13-15-5-3-2-4-6-15)24-17-10-22-23(31-14-30-22)11-20(17)32-25(27)18(24)12-26/h2-11,24H,13-14,27H2,1H3. The van der Waals surface area contributed by atoms with Crippen molar-refractivity contribution in [3.05, 3.63) is 88.8 Å². The minimum absolute atomic E-state index is 0.0623. The number of benzene rings is 3. The van der Waals surface area contributed by atoms with Crippen LogP contribution in [0.3, 0.4) is 0 Å². The number of methoxy groups -OCH3 is 1. The Morgan fingerprint density at radius 3 is 2.53 bits per heavy atom. The molecule has 7 heteroatoms. The first kappa shape index (κ1) is 19.6. The molecule has 0 aromatic heterocycles. The van der Waals surface area contributed by atoms with Crippen LogP contribution in [0.4, 0.5) is 0 Å². The fourth-order valence-corrected chi connectivity index (χ4v) is 3.91. The highest BCUT2D eigenvalue weighted by molar-refractivity contribution is 5.62. The Bertz CT molecular complexity index is 1250. The van der Waals surface area contributed by atoms with E-state index in [1.54, 1.807) is 13.2 Å². The van der Waals surface area contributed by atoms with E-state index in [0.717, 1.165) is 16.7 Å². The molecule has 3 aromatic rings. The van der Waals surface area contributed by atoms with Crippen LogP contribution in [0.15, 0.2) is 72.1 Å². The molecule has 1 unspecified atom stereocenters. The van der Waals surface area contributed by atoms with Gasteiger partial charge in [-0.3, -0.25) is 0 Å². The molecule has 2 aliphatic rings. The van der Waals surface area contributed by atoms with Gasteiger partial charge in [0.1, 0.15) is 24.0 Å². The summed E-state index contributed by atoms with van der Waals surface area (Å²) < 4.78 is 28.3. The Morgan fingerprint density at radius 2 is 1.78 bits per heavy atom. The summed E-state index contributed by atoms with van der Waals surface area (Å²) in [7, 11) is 1.58. The van der Waals surface area contributed by atoms with Crippen LogP contribution in [-0.2, 0) is 6.61 Å². The number of nitriles is 1. The quantitative estimate of drug-likeness (QED) is 0.650. The molecule has 2 aliphatic heterocycles. The average molecular weight is 428 g/mol. The molecule has 0 radical (unpaired) electrons. The van der Waals surface area contributed by atoms with Crippen LogP contribution in [0.25, 0.3) is 0 Å². The first-order valence-electron chi connectivity index (χ1n) is 10.0. The molecule has 2 heterocycles. The van der Waals surface area contributed by atoms with E-state index < -0.39 is 5.92 Å². The summed E-state index contributed by atoms with van der Waals surface area (Å²) in [5.41, 5.74) is 9.04. The molecule has 2 N–H and O–H groups in total. The zero-order valence-electron chi connectivity index (χ0n) is 17.3. The largest absolute Gasteiger partial charge is 0.493 e. The van der Waals surface area contributed by atoms with Crippen LogP contribution in [0, 0.1) is 11.3 Å². The van der Waals surface area contributed by atoms with E-state index in [2.05, 4.69) is 6.07 Å². The fourth-order valence-electron chi connectivity index (χ4n) is 3.91. The minimum atomic E-state index is -0.449. The molecule has 7 nitrogen and oxygen atoms in total. The normalized spacial score (nSPS) is 16.1. The van der Waals surface area contributed by atoms with E-state index in [0.29, 0.717) is 40.9 Å². The zero-order valence-corrected chi connectivity index (χ0v) is 17.3. The highest BCUT2D eigenvalue weighted by atomic mass is 16.7. The van der Waals surface area contributed by atoms with Gasteiger partial charge in [0.15, 0.2) is 23.0 Å². The number of ether oxygens (including phenoxy) is 5. The Labute approximate surface area is 185 Å². The second-order valence-electron chi connectivity index (χ2n) is 7.35.